The van der Waals surface area contributed by atoms with Crippen LogP contribution in [0.5, 0.6) is 6.01 Å². The molecule has 0 bridgehead atoms. The maximum Gasteiger partial charge on any atom is 0.320 e. The molecule has 0 aliphatic heterocycles. The second kappa shape index (κ2) is 6.54. The molecule has 2 aromatic heterocycles. The SMILES string of the molecule is C[C@@H]1CCCC[C@@H]1Oc1nc(N)c2c(=O)ccn(CCO)c2n1. The molecular weight excluding hydrogens is 296 g/mol. The minimum absolute atomic E-state index is 0.0578. The van der Waals surface area contributed by atoms with E-state index in [0.717, 1.165) is 19.3 Å². The number of nitrogens with two attached hydrogens (primary N) is 1. The molecule has 0 radical (unpaired) electrons. The monoisotopic (exact) mass is 318 g/mol. The third kappa shape index (κ3) is 3.14. The van der Waals surface area contributed by atoms with Crippen LogP contribution in [0.25, 0.3) is 11.0 Å². The van der Waals surface area contributed by atoms with E-state index in [-0.39, 0.29) is 35.4 Å². The van der Waals surface area contributed by atoms with Crippen molar-refractivity contribution in [2.75, 3.05) is 12.3 Å². The smallest absolute Gasteiger partial charge is 0.320 e. The van der Waals surface area contributed by atoms with Gasteiger partial charge >= 0.3 is 6.01 Å². The van der Waals surface area contributed by atoms with E-state index in [2.05, 4.69) is 16.9 Å². The number of nitrogen functional groups attached to an aromatic ring is 1. The number of hydrogen-bond acceptors (Lipinski definition) is 6. The van der Waals surface area contributed by atoms with E-state index < -0.39 is 0 Å². The zero-order chi connectivity index (χ0) is 16.4. The number of aliphatic hydroxyl groups excluding tert-OH is 1. The second-order valence-corrected chi connectivity index (χ2v) is 6.11. The van der Waals surface area contributed by atoms with E-state index in [1.54, 1.807) is 10.8 Å². The number of nitrogens with zero attached hydrogens (tertiary/aromatic N) is 3. The highest BCUT2D eigenvalue weighted by molar-refractivity contribution is 5.85. The van der Waals surface area contributed by atoms with Crippen LogP contribution in [0.4, 0.5) is 5.82 Å². The Kier molecular flexibility index (Phi) is 4.47. The van der Waals surface area contributed by atoms with E-state index in [1.165, 1.54) is 12.5 Å². The molecule has 1 saturated carbocycles. The van der Waals surface area contributed by atoms with E-state index in [9.17, 15) is 9.90 Å². The van der Waals surface area contributed by atoms with Crippen LogP contribution in [-0.2, 0) is 6.54 Å². The summed E-state index contributed by atoms with van der Waals surface area (Å²) in [5.41, 5.74) is 6.12. The first-order chi connectivity index (χ1) is 11.1. The molecule has 2 aromatic rings. The lowest BCUT2D eigenvalue weighted by Gasteiger charge is -2.28. The van der Waals surface area contributed by atoms with E-state index in [0.29, 0.717) is 18.1 Å². The maximum absolute atomic E-state index is 12.0. The molecule has 2 atom stereocenters. The molecule has 3 N–H and O–H groups in total. The highest BCUT2D eigenvalue weighted by Crippen LogP contribution is 2.27. The first kappa shape index (κ1) is 15.7. The predicted molar refractivity (Wildman–Crippen MR) is 87.3 cm³/mol. The topological polar surface area (TPSA) is 103 Å². The van der Waals surface area contributed by atoms with Crippen LogP contribution in [0, 0.1) is 5.92 Å². The first-order valence-electron chi connectivity index (χ1n) is 8.04. The molecule has 0 spiro atoms. The van der Waals surface area contributed by atoms with Gasteiger partial charge in [-0.25, -0.2) is 0 Å². The van der Waals surface area contributed by atoms with Crippen LogP contribution >= 0.6 is 0 Å². The number of ether oxygens (including phenoxy) is 1. The van der Waals surface area contributed by atoms with Gasteiger partial charge in [0.1, 0.15) is 17.3 Å². The lowest BCUT2D eigenvalue weighted by Crippen LogP contribution is -2.29. The minimum Gasteiger partial charge on any atom is -0.460 e. The van der Waals surface area contributed by atoms with Gasteiger partial charge in [-0.15, -0.1) is 0 Å². The van der Waals surface area contributed by atoms with Crippen molar-refractivity contribution in [3.63, 3.8) is 0 Å². The van der Waals surface area contributed by atoms with Gasteiger partial charge in [0.15, 0.2) is 11.1 Å². The van der Waals surface area contributed by atoms with Crippen molar-refractivity contribution in [2.24, 2.45) is 5.92 Å². The van der Waals surface area contributed by atoms with Crippen molar-refractivity contribution in [1.82, 2.24) is 14.5 Å². The summed E-state index contributed by atoms with van der Waals surface area (Å²) in [6.45, 7) is 2.43. The third-order valence-electron chi connectivity index (χ3n) is 4.45. The Labute approximate surface area is 134 Å². The van der Waals surface area contributed by atoms with Crippen LogP contribution in [0.3, 0.4) is 0 Å². The third-order valence-corrected chi connectivity index (χ3v) is 4.45. The van der Waals surface area contributed by atoms with Crippen molar-refractivity contribution >= 4 is 16.9 Å². The molecule has 1 fully saturated rings. The van der Waals surface area contributed by atoms with Gasteiger partial charge in [0.05, 0.1) is 6.61 Å². The van der Waals surface area contributed by atoms with Gasteiger partial charge in [0, 0.05) is 18.8 Å². The van der Waals surface area contributed by atoms with Crippen LogP contribution in [0.1, 0.15) is 32.6 Å². The fourth-order valence-corrected chi connectivity index (χ4v) is 3.13. The normalized spacial score (nSPS) is 21.5. The van der Waals surface area contributed by atoms with Gasteiger partial charge in [0.2, 0.25) is 0 Å². The Morgan fingerprint density at radius 3 is 2.91 bits per heavy atom. The summed E-state index contributed by atoms with van der Waals surface area (Å²) in [7, 11) is 0. The maximum atomic E-state index is 12.0. The van der Waals surface area contributed by atoms with E-state index in [4.69, 9.17) is 10.5 Å². The number of rotatable bonds is 4. The average molecular weight is 318 g/mol. The summed E-state index contributed by atoms with van der Waals surface area (Å²) >= 11 is 0. The number of aliphatic hydroxyl groups is 1. The largest absolute Gasteiger partial charge is 0.460 e. The lowest BCUT2D eigenvalue weighted by molar-refractivity contribution is 0.0928. The van der Waals surface area contributed by atoms with Gasteiger partial charge in [-0.1, -0.05) is 13.3 Å². The quantitative estimate of drug-likeness (QED) is 0.881. The van der Waals surface area contributed by atoms with Gasteiger partial charge in [-0.05, 0) is 25.2 Å². The Balaban J connectivity index is 2.02. The molecule has 0 unspecified atom stereocenters. The molecule has 0 saturated heterocycles. The first-order valence-corrected chi connectivity index (χ1v) is 8.04. The Bertz CT molecular complexity index is 759. The Morgan fingerprint density at radius 1 is 1.39 bits per heavy atom. The zero-order valence-electron chi connectivity index (χ0n) is 13.2. The molecule has 7 heteroatoms. The molecule has 2 heterocycles. The molecule has 124 valence electrons. The molecule has 7 nitrogen and oxygen atoms in total. The van der Waals surface area contributed by atoms with Crippen LogP contribution in [0.2, 0.25) is 0 Å². The number of pyridine rings is 1. The van der Waals surface area contributed by atoms with Gasteiger partial charge in [-0.3, -0.25) is 4.79 Å². The predicted octanol–water partition coefficient (Wildman–Crippen LogP) is 1.32. The number of aromatic nitrogens is 3. The summed E-state index contributed by atoms with van der Waals surface area (Å²) in [6, 6.07) is 1.60. The van der Waals surface area contributed by atoms with Crippen LogP contribution < -0.4 is 15.9 Å². The summed E-state index contributed by atoms with van der Waals surface area (Å²) in [6.07, 6.45) is 6.12. The lowest BCUT2D eigenvalue weighted by atomic mass is 9.88. The van der Waals surface area contributed by atoms with Crippen LogP contribution in [0.15, 0.2) is 17.1 Å². The number of anilines is 1. The van der Waals surface area contributed by atoms with Gasteiger partial charge < -0.3 is 20.1 Å². The fourth-order valence-electron chi connectivity index (χ4n) is 3.13. The highest BCUT2D eigenvalue weighted by atomic mass is 16.5. The average Bonchev–Trinajstić information content (AvgIpc) is 2.52. The Morgan fingerprint density at radius 2 is 2.17 bits per heavy atom. The molecule has 1 aliphatic rings. The molecule has 0 aromatic carbocycles. The van der Waals surface area contributed by atoms with Crippen molar-refractivity contribution < 1.29 is 9.84 Å². The van der Waals surface area contributed by atoms with Gasteiger partial charge in [0.25, 0.3) is 0 Å². The van der Waals surface area contributed by atoms with E-state index in [1.807, 2.05) is 0 Å². The van der Waals surface area contributed by atoms with Crippen molar-refractivity contribution in [1.29, 1.82) is 0 Å². The molecule has 0 amide bonds. The summed E-state index contributed by atoms with van der Waals surface area (Å²) in [5, 5.41) is 9.45. The summed E-state index contributed by atoms with van der Waals surface area (Å²) in [5.74, 6) is 0.561. The standard InChI is InChI=1S/C16H22N4O3/c1-10-4-2-3-5-12(10)23-16-18-14(17)13-11(22)6-7-20(8-9-21)15(13)19-16/h6-7,10,12,21H,2-5,8-9H2,1H3,(H2,17,18,19)/t10-,12+/m1/s1. The fraction of sp³-hybridized carbons (Fsp3) is 0.562. The van der Waals surface area contributed by atoms with E-state index >= 15 is 0 Å². The highest BCUT2D eigenvalue weighted by Gasteiger charge is 2.24. The summed E-state index contributed by atoms with van der Waals surface area (Å²) < 4.78 is 7.64. The number of fused-ring (bicyclic) bond motifs is 1. The molecule has 1 aliphatic carbocycles. The molecular formula is C16H22N4O3. The van der Waals surface area contributed by atoms with Crippen LogP contribution in [-0.4, -0.2) is 32.4 Å². The van der Waals surface area contributed by atoms with Crippen molar-refractivity contribution in [3.8, 4) is 6.01 Å². The summed E-state index contributed by atoms with van der Waals surface area (Å²) in [4.78, 5) is 20.6. The molecule has 23 heavy (non-hydrogen) atoms. The minimum atomic E-state index is -0.232. The number of hydrogen-bond donors (Lipinski definition) is 2. The second-order valence-electron chi connectivity index (χ2n) is 6.11. The zero-order valence-corrected chi connectivity index (χ0v) is 13.2. The van der Waals surface area contributed by atoms with Crippen molar-refractivity contribution in [3.05, 3.63) is 22.5 Å². The Hall–Kier alpha value is -2.15. The van der Waals surface area contributed by atoms with Gasteiger partial charge in [-0.2, -0.15) is 9.97 Å². The van der Waals surface area contributed by atoms with Crippen molar-refractivity contribution in [2.45, 2.75) is 45.3 Å². The molecule has 3 rings (SSSR count).